The number of nitrogens with zero attached hydrogens (tertiary/aromatic N) is 2. The quantitative estimate of drug-likeness (QED) is 0.795. The Bertz CT molecular complexity index is 660. The van der Waals surface area contributed by atoms with E-state index in [2.05, 4.69) is 25.7 Å². The minimum absolute atomic E-state index is 0.0632. The van der Waals surface area contributed by atoms with Crippen molar-refractivity contribution < 1.29 is 9.53 Å². The lowest BCUT2D eigenvalue weighted by molar-refractivity contribution is -0.00697. The van der Waals surface area contributed by atoms with Crippen LogP contribution in [-0.4, -0.2) is 32.4 Å². The molecule has 7 heteroatoms. The Morgan fingerprint density at radius 2 is 2.24 bits per heavy atom. The normalized spacial score (nSPS) is 21.1. The summed E-state index contributed by atoms with van der Waals surface area (Å²) in [7, 11) is 0. The zero-order valence-electron chi connectivity index (χ0n) is 12.4. The monoisotopic (exact) mass is 289 g/mol. The summed E-state index contributed by atoms with van der Waals surface area (Å²) >= 11 is 0. The van der Waals surface area contributed by atoms with Gasteiger partial charge in [0.2, 0.25) is 0 Å². The molecule has 0 radical (unpaired) electrons. The van der Waals surface area contributed by atoms with Gasteiger partial charge in [-0.05, 0) is 26.8 Å². The fourth-order valence-electron chi connectivity index (χ4n) is 2.68. The van der Waals surface area contributed by atoms with Gasteiger partial charge in [-0.25, -0.2) is 0 Å². The van der Waals surface area contributed by atoms with Crippen LogP contribution >= 0.6 is 0 Å². The predicted octanol–water partition coefficient (Wildman–Crippen LogP) is 1.39. The van der Waals surface area contributed by atoms with Crippen LogP contribution in [0.3, 0.4) is 0 Å². The zero-order chi connectivity index (χ0) is 15.0. The van der Waals surface area contributed by atoms with Gasteiger partial charge in [0.1, 0.15) is 0 Å². The molecule has 7 nitrogen and oxygen atoms in total. The van der Waals surface area contributed by atoms with Crippen LogP contribution in [0.4, 0.5) is 0 Å². The summed E-state index contributed by atoms with van der Waals surface area (Å²) in [4.78, 5) is 12.3. The standard InChI is InChI=1S/C14H19N5O2/c1-7-4-10(17-16-7)6-15-14(20)13-11-5-8(2)21-9(3)12(11)18-19-13/h4,8-9H,5-6H2,1-3H3,(H,15,20)(H,16,17)(H,18,19)/t8-,9+/m1/s1. The maximum Gasteiger partial charge on any atom is 0.272 e. The van der Waals surface area contributed by atoms with Crippen LogP contribution in [0.2, 0.25) is 0 Å². The van der Waals surface area contributed by atoms with Gasteiger partial charge in [-0.2, -0.15) is 10.2 Å². The molecular formula is C14H19N5O2. The first-order valence-electron chi connectivity index (χ1n) is 7.06. The average Bonchev–Trinajstić information content (AvgIpc) is 3.02. The number of carbonyl (C=O) groups excluding carboxylic acids is 1. The highest BCUT2D eigenvalue weighted by atomic mass is 16.5. The van der Waals surface area contributed by atoms with Crippen molar-refractivity contribution in [3.8, 4) is 0 Å². The van der Waals surface area contributed by atoms with Crippen molar-refractivity contribution >= 4 is 5.91 Å². The molecule has 1 aliphatic rings. The van der Waals surface area contributed by atoms with Gasteiger partial charge in [0.25, 0.3) is 5.91 Å². The third kappa shape index (κ3) is 2.69. The predicted molar refractivity (Wildman–Crippen MR) is 75.7 cm³/mol. The van der Waals surface area contributed by atoms with E-state index < -0.39 is 0 Å². The molecular weight excluding hydrogens is 270 g/mol. The van der Waals surface area contributed by atoms with Gasteiger partial charge in [-0.3, -0.25) is 15.0 Å². The number of ether oxygens (including phenoxy) is 1. The van der Waals surface area contributed by atoms with Gasteiger partial charge in [0.05, 0.1) is 30.1 Å². The molecule has 112 valence electrons. The number of H-pyrrole nitrogens is 2. The summed E-state index contributed by atoms with van der Waals surface area (Å²) in [5.74, 6) is -0.186. The minimum Gasteiger partial charge on any atom is -0.369 e. The number of carbonyl (C=O) groups is 1. The first-order valence-corrected chi connectivity index (χ1v) is 7.06. The lowest BCUT2D eigenvalue weighted by atomic mass is 9.99. The molecule has 1 amide bonds. The Balaban J connectivity index is 1.73. The molecule has 3 rings (SSSR count). The highest BCUT2D eigenvalue weighted by Gasteiger charge is 2.29. The summed E-state index contributed by atoms with van der Waals surface area (Å²) in [5.41, 5.74) is 4.08. The minimum atomic E-state index is -0.186. The summed E-state index contributed by atoms with van der Waals surface area (Å²) < 4.78 is 5.72. The number of hydrogen-bond donors (Lipinski definition) is 3. The Kier molecular flexibility index (Phi) is 3.50. The molecule has 2 aromatic heterocycles. The smallest absolute Gasteiger partial charge is 0.272 e. The maximum atomic E-state index is 12.3. The average molecular weight is 289 g/mol. The summed E-state index contributed by atoms with van der Waals surface area (Å²) in [6, 6.07) is 1.90. The highest BCUT2D eigenvalue weighted by molar-refractivity contribution is 5.94. The number of nitrogens with one attached hydrogen (secondary N) is 3. The molecule has 0 aliphatic carbocycles. The molecule has 3 heterocycles. The van der Waals surface area contributed by atoms with Crippen LogP contribution in [0.1, 0.15) is 53.1 Å². The van der Waals surface area contributed by atoms with E-state index in [0.29, 0.717) is 18.7 Å². The summed E-state index contributed by atoms with van der Waals surface area (Å²) in [6.07, 6.45) is 0.720. The molecule has 0 spiro atoms. The van der Waals surface area contributed by atoms with E-state index >= 15 is 0 Å². The van der Waals surface area contributed by atoms with Crippen LogP contribution in [0.25, 0.3) is 0 Å². The number of hydrogen-bond acceptors (Lipinski definition) is 4. The second kappa shape index (κ2) is 5.33. The molecule has 0 unspecified atom stereocenters. The van der Waals surface area contributed by atoms with Crippen LogP contribution in [0.15, 0.2) is 6.07 Å². The van der Waals surface area contributed by atoms with E-state index in [-0.39, 0.29) is 18.1 Å². The van der Waals surface area contributed by atoms with Gasteiger partial charge >= 0.3 is 0 Å². The van der Waals surface area contributed by atoms with Crippen molar-refractivity contribution in [3.63, 3.8) is 0 Å². The van der Waals surface area contributed by atoms with E-state index in [9.17, 15) is 4.79 Å². The Hall–Kier alpha value is -2.15. The highest BCUT2D eigenvalue weighted by Crippen LogP contribution is 2.29. The van der Waals surface area contributed by atoms with E-state index in [1.54, 1.807) is 0 Å². The molecule has 0 bridgehead atoms. The number of aromatic amines is 2. The van der Waals surface area contributed by atoms with Crippen molar-refractivity contribution in [2.75, 3.05) is 0 Å². The first-order chi connectivity index (χ1) is 10.0. The zero-order valence-corrected chi connectivity index (χ0v) is 12.4. The molecule has 0 saturated carbocycles. The van der Waals surface area contributed by atoms with Crippen molar-refractivity contribution in [3.05, 3.63) is 34.4 Å². The van der Waals surface area contributed by atoms with Gasteiger partial charge in [0, 0.05) is 17.7 Å². The fraction of sp³-hybridized carbons (Fsp3) is 0.500. The molecule has 0 aromatic carbocycles. The molecule has 3 N–H and O–H groups in total. The number of rotatable bonds is 3. The Morgan fingerprint density at radius 1 is 1.43 bits per heavy atom. The van der Waals surface area contributed by atoms with Gasteiger partial charge in [-0.15, -0.1) is 0 Å². The third-order valence-electron chi connectivity index (χ3n) is 3.64. The van der Waals surface area contributed by atoms with Crippen LogP contribution in [-0.2, 0) is 17.7 Å². The van der Waals surface area contributed by atoms with Crippen molar-refractivity contribution in [1.29, 1.82) is 0 Å². The molecule has 2 aromatic rings. The topological polar surface area (TPSA) is 95.7 Å². The number of aromatic nitrogens is 4. The first kappa shape index (κ1) is 13.8. The van der Waals surface area contributed by atoms with E-state index in [0.717, 1.165) is 22.6 Å². The third-order valence-corrected chi connectivity index (χ3v) is 3.64. The molecule has 0 saturated heterocycles. The SMILES string of the molecule is Cc1cc(CNC(=O)c2n[nH]c3c2C[C@@H](C)O[C@H]3C)n[nH]1. The van der Waals surface area contributed by atoms with E-state index in [1.165, 1.54) is 0 Å². The molecule has 1 aliphatic heterocycles. The van der Waals surface area contributed by atoms with Gasteiger partial charge in [-0.1, -0.05) is 0 Å². The van der Waals surface area contributed by atoms with Crippen LogP contribution in [0, 0.1) is 6.92 Å². The second-order valence-electron chi connectivity index (χ2n) is 5.48. The van der Waals surface area contributed by atoms with Crippen LogP contribution < -0.4 is 5.32 Å². The number of aryl methyl sites for hydroxylation is 1. The number of amides is 1. The molecule has 21 heavy (non-hydrogen) atoms. The molecule has 0 fully saturated rings. The summed E-state index contributed by atoms with van der Waals surface area (Å²) in [5, 5.41) is 16.9. The van der Waals surface area contributed by atoms with Crippen molar-refractivity contribution in [1.82, 2.24) is 25.7 Å². The lowest BCUT2D eigenvalue weighted by Gasteiger charge is -2.25. The second-order valence-corrected chi connectivity index (χ2v) is 5.48. The van der Waals surface area contributed by atoms with E-state index in [1.807, 2.05) is 26.8 Å². The van der Waals surface area contributed by atoms with E-state index in [4.69, 9.17) is 4.74 Å². The Labute approximate surface area is 122 Å². The molecule has 2 atom stereocenters. The Morgan fingerprint density at radius 3 is 2.95 bits per heavy atom. The van der Waals surface area contributed by atoms with Crippen molar-refractivity contribution in [2.45, 2.75) is 45.9 Å². The number of fused-ring (bicyclic) bond motifs is 1. The lowest BCUT2D eigenvalue weighted by Crippen LogP contribution is -2.27. The van der Waals surface area contributed by atoms with Gasteiger partial charge < -0.3 is 10.1 Å². The maximum absolute atomic E-state index is 12.3. The van der Waals surface area contributed by atoms with Crippen LogP contribution in [0.5, 0.6) is 0 Å². The van der Waals surface area contributed by atoms with Crippen molar-refractivity contribution in [2.24, 2.45) is 0 Å². The fourth-order valence-corrected chi connectivity index (χ4v) is 2.68. The largest absolute Gasteiger partial charge is 0.369 e. The van der Waals surface area contributed by atoms with Gasteiger partial charge in [0.15, 0.2) is 5.69 Å². The summed E-state index contributed by atoms with van der Waals surface area (Å²) in [6.45, 7) is 6.26.